The molecular weight excluding hydrogens is 324 g/mol. The summed E-state index contributed by atoms with van der Waals surface area (Å²) in [5.41, 5.74) is 2.91. The average molecular weight is 344 g/mol. The van der Waals surface area contributed by atoms with E-state index in [1.54, 1.807) is 18.2 Å². The molecule has 0 saturated heterocycles. The number of anilines is 1. The second kappa shape index (κ2) is 6.75. The van der Waals surface area contributed by atoms with Gasteiger partial charge in [0.15, 0.2) is 9.84 Å². The Balaban J connectivity index is 1.68. The summed E-state index contributed by atoms with van der Waals surface area (Å²) in [4.78, 5) is 14.5. The first-order valence-corrected chi connectivity index (χ1v) is 9.71. The van der Waals surface area contributed by atoms with Crippen molar-refractivity contribution < 1.29 is 13.2 Å². The van der Waals surface area contributed by atoms with Gasteiger partial charge in [0.25, 0.3) is 0 Å². The minimum Gasteiger partial charge on any atom is -0.324 e. The Morgan fingerprint density at radius 1 is 1.08 bits per heavy atom. The van der Waals surface area contributed by atoms with Crippen LogP contribution in [0.25, 0.3) is 0 Å². The second-order valence-electron chi connectivity index (χ2n) is 6.05. The van der Waals surface area contributed by atoms with E-state index < -0.39 is 9.84 Å². The van der Waals surface area contributed by atoms with Crippen molar-refractivity contribution in [3.8, 4) is 0 Å². The van der Waals surface area contributed by atoms with Crippen LogP contribution in [0.3, 0.4) is 0 Å². The molecule has 1 heterocycles. The van der Waals surface area contributed by atoms with Gasteiger partial charge in [0.05, 0.1) is 17.1 Å². The van der Waals surface area contributed by atoms with Gasteiger partial charge < -0.3 is 5.32 Å². The van der Waals surface area contributed by atoms with Gasteiger partial charge in [-0.3, -0.25) is 9.69 Å². The van der Waals surface area contributed by atoms with Crippen LogP contribution in [0, 0.1) is 0 Å². The summed E-state index contributed by atoms with van der Waals surface area (Å²) in [6.07, 6.45) is 2.06. The first-order valence-electron chi connectivity index (χ1n) is 7.81. The van der Waals surface area contributed by atoms with E-state index >= 15 is 0 Å². The van der Waals surface area contributed by atoms with Crippen molar-refractivity contribution in [3.05, 3.63) is 59.7 Å². The van der Waals surface area contributed by atoms with E-state index in [0.29, 0.717) is 5.69 Å². The molecule has 0 radical (unpaired) electrons. The summed E-state index contributed by atoms with van der Waals surface area (Å²) >= 11 is 0. The van der Waals surface area contributed by atoms with Crippen molar-refractivity contribution >= 4 is 21.4 Å². The van der Waals surface area contributed by atoms with Crippen LogP contribution in [-0.4, -0.2) is 38.6 Å². The molecular formula is C18H20N2O3S. The van der Waals surface area contributed by atoms with E-state index in [-0.39, 0.29) is 17.3 Å². The maximum absolute atomic E-state index is 12.3. The third kappa shape index (κ3) is 3.83. The van der Waals surface area contributed by atoms with E-state index in [0.717, 1.165) is 25.8 Å². The molecule has 0 aliphatic carbocycles. The minimum atomic E-state index is -3.38. The minimum absolute atomic E-state index is 0.141. The molecule has 126 valence electrons. The molecule has 1 aliphatic heterocycles. The largest absolute Gasteiger partial charge is 0.324 e. The fraction of sp³-hybridized carbons (Fsp3) is 0.278. The number of benzene rings is 2. The first-order chi connectivity index (χ1) is 11.4. The van der Waals surface area contributed by atoms with Gasteiger partial charge in [-0.2, -0.15) is 0 Å². The second-order valence-corrected chi connectivity index (χ2v) is 8.03. The molecule has 1 N–H and O–H groups in total. The number of nitrogens with one attached hydrogen (secondary N) is 1. The third-order valence-corrected chi connectivity index (χ3v) is 5.29. The van der Waals surface area contributed by atoms with Gasteiger partial charge in [0.1, 0.15) is 0 Å². The summed E-state index contributed by atoms with van der Waals surface area (Å²) < 4.78 is 23.6. The first kappa shape index (κ1) is 16.7. The zero-order chi connectivity index (χ0) is 17.2. The highest BCUT2D eigenvalue weighted by atomic mass is 32.2. The highest BCUT2D eigenvalue weighted by Gasteiger charge is 2.19. The van der Waals surface area contributed by atoms with Gasteiger partial charge in [-0.15, -0.1) is 0 Å². The number of fused-ring (bicyclic) bond motifs is 1. The normalized spacial score (nSPS) is 14.9. The molecule has 1 aliphatic rings. The summed E-state index contributed by atoms with van der Waals surface area (Å²) in [6.45, 7) is 1.79. The highest BCUT2D eigenvalue weighted by Crippen LogP contribution is 2.21. The standard InChI is InChI=1S/C18H20N2O3S/c1-24(22,23)17-9-5-4-8-16(17)19-18(21)13-20-11-10-14-6-2-3-7-15(14)12-20/h2-9H,10-13H2,1H3,(H,19,21). The Hall–Kier alpha value is -2.18. The maximum Gasteiger partial charge on any atom is 0.238 e. The molecule has 0 aromatic heterocycles. The molecule has 3 rings (SSSR count). The summed E-state index contributed by atoms with van der Waals surface area (Å²) in [7, 11) is -3.38. The zero-order valence-corrected chi connectivity index (χ0v) is 14.3. The summed E-state index contributed by atoms with van der Waals surface area (Å²) in [5.74, 6) is -0.203. The highest BCUT2D eigenvalue weighted by molar-refractivity contribution is 7.90. The number of para-hydroxylation sites is 1. The SMILES string of the molecule is CS(=O)(=O)c1ccccc1NC(=O)CN1CCc2ccccc2C1. The van der Waals surface area contributed by atoms with Crippen molar-refractivity contribution in [2.24, 2.45) is 0 Å². The van der Waals surface area contributed by atoms with Crippen LogP contribution in [0.15, 0.2) is 53.4 Å². The Morgan fingerprint density at radius 3 is 2.50 bits per heavy atom. The molecule has 0 unspecified atom stereocenters. The predicted molar refractivity (Wildman–Crippen MR) is 93.6 cm³/mol. The smallest absolute Gasteiger partial charge is 0.238 e. The molecule has 0 saturated carbocycles. The topological polar surface area (TPSA) is 66.5 Å². The van der Waals surface area contributed by atoms with Crippen LogP contribution in [0.5, 0.6) is 0 Å². The number of carbonyl (C=O) groups excluding carboxylic acids is 1. The molecule has 0 fully saturated rings. The van der Waals surface area contributed by atoms with Crippen LogP contribution >= 0.6 is 0 Å². The van der Waals surface area contributed by atoms with E-state index in [4.69, 9.17) is 0 Å². The lowest BCUT2D eigenvalue weighted by Crippen LogP contribution is -2.37. The van der Waals surface area contributed by atoms with Gasteiger partial charge in [0.2, 0.25) is 5.91 Å². The summed E-state index contributed by atoms with van der Waals surface area (Å²) in [5, 5.41) is 2.73. The van der Waals surface area contributed by atoms with Crippen LogP contribution < -0.4 is 5.32 Å². The molecule has 0 atom stereocenters. The Kier molecular flexibility index (Phi) is 4.69. The van der Waals surface area contributed by atoms with Crippen molar-refractivity contribution in [1.82, 2.24) is 4.90 Å². The molecule has 2 aromatic rings. The number of sulfone groups is 1. The molecule has 24 heavy (non-hydrogen) atoms. The number of amides is 1. The lowest BCUT2D eigenvalue weighted by Gasteiger charge is -2.28. The third-order valence-electron chi connectivity index (χ3n) is 4.14. The van der Waals surface area contributed by atoms with Gasteiger partial charge in [-0.1, -0.05) is 36.4 Å². The van der Waals surface area contributed by atoms with Crippen LogP contribution in [0.1, 0.15) is 11.1 Å². The van der Waals surface area contributed by atoms with Crippen LogP contribution in [-0.2, 0) is 27.6 Å². The number of hydrogen-bond acceptors (Lipinski definition) is 4. The van der Waals surface area contributed by atoms with Crippen LogP contribution in [0.4, 0.5) is 5.69 Å². The Morgan fingerprint density at radius 2 is 1.75 bits per heavy atom. The van der Waals surface area contributed by atoms with Gasteiger partial charge in [0, 0.05) is 19.3 Å². The van der Waals surface area contributed by atoms with E-state index in [2.05, 4.69) is 22.3 Å². The molecule has 5 nitrogen and oxygen atoms in total. The number of rotatable bonds is 4. The average Bonchev–Trinajstić information content (AvgIpc) is 2.54. The monoisotopic (exact) mass is 344 g/mol. The number of nitrogens with zero attached hydrogens (tertiary/aromatic N) is 1. The number of hydrogen-bond donors (Lipinski definition) is 1. The predicted octanol–water partition coefficient (Wildman–Crippen LogP) is 2.09. The molecule has 1 amide bonds. The van der Waals surface area contributed by atoms with E-state index in [9.17, 15) is 13.2 Å². The molecule has 0 bridgehead atoms. The van der Waals surface area contributed by atoms with Gasteiger partial charge in [-0.25, -0.2) is 8.42 Å². The maximum atomic E-state index is 12.3. The molecule has 6 heteroatoms. The van der Waals surface area contributed by atoms with Crippen LogP contribution in [0.2, 0.25) is 0 Å². The Bertz CT molecular complexity index is 862. The van der Waals surface area contributed by atoms with E-state index in [1.165, 1.54) is 17.2 Å². The van der Waals surface area contributed by atoms with E-state index in [1.807, 2.05) is 12.1 Å². The van der Waals surface area contributed by atoms with Crippen molar-refractivity contribution in [1.29, 1.82) is 0 Å². The van der Waals surface area contributed by atoms with Gasteiger partial charge >= 0.3 is 0 Å². The Labute approximate surface area is 142 Å². The number of carbonyl (C=O) groups is 1. The summed E-state index contributed by atoms with van der Waals surface area (Å²) in [6, 6.07) is 14.7. The lowest BCUT2D eigenvalue weighted by molar-refractivity contribution is -0.117. The van der Waals surface area contributed by atoms with Crippen molar-refractivity contribution in [2.75, 3.05) is 24.7 Å². The lowest BCUT2D eigenvalue weighted by atomic mass is 10.00. The fourth-order valence-corrected chi connectivity index (χ4v) is 3.82. The zero-order valence-electron chi connectivity index (χ0n) is 13.5. The van der Waals surface area contributed by atoms with Gasteiger partial charge in [-0.05, 0) is 29.7 Å². The fourth-order valence-electron chi connectivity index (χ4n) is 2.98. The molecule has 0 spiro atoms. The molecule has 2 aromatic carbocycles. The quantitative estimate of drug-likeness (QED) is 0.922. The van der Waals surface area contributed by atoms with Crippen molar-refractivity contribution in [2.45, 2.75) is 17.9 Å². The van der Waals surface area contributed by atoms with Crippen molar-refractivity contribution in [3.63, 3.8) is 0 Å².